The largest absolute Gasteiger partial charge is 0.480 e. The second-order valence-corrected chi connectivity index (χ2v) is 11.1. The number of amides is 2. The number of hydrogen-bond donors (Lipinski definition) is 0. The van der Waals surface area contributed by atoms with Crippen molar-refractivity contribution in [3.63, 3.8) is 0 Å². The minimum Gasteiger partial charge on any atom is -0.480 e. The van der Waals surface area contributed by atoms with Gasteiger partial charge in [-0.3, -0.25) is 19.6 Å². The first-order chi connectivity index (χ1) is 22.6. The SMILES string of the molecule is COc1ccc(C=CC(=O)N(Cc2ccc(-c3cnccn3)cc2)C(Cc2ccccc2)C(=O)N2CCc3ccccc3C2)nn1. The van der Waals surface area contributed by atoms with Crippen LogP contribution in [0.5, 0.6) is 5.88 Å². The van der Waals surface area contributed by atoms with Crippen LogP contribution in [-0.2, 0) is 35.5 Å². The molecule has 46 heavy (non-hydrogen) atoms. The van der Waals surface area contributed by atoms with E-state index in [0.717, 1.165) is 34.4 Å². The van der Waals surface area contributed by atoms with Crippen molar-refractivity contribution in [2.75, 3.05) is 13.7 Å². The van der Waals surface area contributed by atoms with Gasteiger partial charge in [-0.05, 0) is 40.8 Å². The van der Waals surface area contributed by atoms with Gasteiger partial charge in [0.1, 0.15) is 6.04 Å². The van der Waals surface area contributed by atoms with Crippen LogP contribution in [-0.4, -0.2) is 61.5 Å². The third kappa shape index (κ3) is 7.32. The predicted molar refractivity (Wildman–Crippen MR) is 175 cm³/mol. The van der Waals surface area contributed by atoms with E-state index in [-0.39, 0.29) is 18.4 Å². The number of carbonyl (C=O) groups excluding carboxylic acids is 2. The maximum absolute atomic E-state index is 14.5. The van der Waals surface area contributed by atoms with Gasteiger partial charge >= 0.3 is 0 Å². The van der Waals surface area contributed by atoms with Crippen molar-refractivity contribution in [1.29, 1.82) is 0 Å². The van der Waals surface area contributed by atoms with Crippen molar-refractivity contribution < 1.29 is 14.3 Å². The van der Waals surface area contributed by atoms with Crippen LogP contribution in [0.4, 0.5) is 0 Å². The third-order valence-electron chi connectivity index (χ3n) is 8.09. The lowest BCUT2D eigenvalue weighted by Crippen LogP contribution is -2.52. The van der Waals surface area contributed by atoms with E-state index in [2.05, 4.69) is 32.3 Å². The summed E-state index contributed by atoms with van der Waals surface area (Å²) < 4.78 is 5.11. The van der Waals surface area contributed by atoms with Crippen molar-refractivity contribution in [3.8, 4) is 17.1 Å². The first-order valence-electron chi connectivity index (χ1n) is 15.2. The lowest BCUT2D eigenvalue weighted by atomic mass is 9.97. The van der Waals surface area contributed by atoms with Crippen LogP contribution in [0.15, 0.2) is 116 Å². The molecule has 3 aromatic carbocycles. The van der Waals surface area contributed by atoms with Gasteiger partial charge in [0.2, 0.25) is 17.7 Å². The molecule has 0 N–H and O–H groups in total. The minimum absolute atomic E-state index is 0.0828. The summed E-state index contributed by atoms with van der Waals surface area (Å²) in [6, 6.07) is 28.6. The summed E-state index contributed by atoms with van der Waals surface area (Å²) in [5.74, 6) is -0.00509. The van der Waals surface area contributed by atoms with Crippen LogP contribution in [0, 0.1) is 0 Å². The number of nitrogens with zero attached hydrogens (tertiary/aromatic N) is 6. The Bertz CT molecular complexity index is 1800. The van der Waals surface area contributed by atoms with E-state index in [1.807, 2.05) is 71.6 Å². The van der Waals surface area contributed by atoms with Crippen molar-refractivity contribution >= 4 is 17.9 Å². The zero-order valence-corrected chi connectivity index (χ0v) is 25.6. The average molecular weight is 611 g/mol. The summed E-state index contributed by atoms with van der Waals surface area (Å²) in [5.41, 5.74) is 6.42. The number of hydrogen-bond acceptors (Lipinski definition) is 7. The first kappa shape index (κ1) is 30.3. The fourth-order valence-corrected chi connectivity index (χ4v) is 5.61. The summed E-state index contributed by atoms with van der Waals surface area (Å²) in [7, 11) is 1.52. The molecule has 0 aliphatic carbocycles. The molecule has 0 spiro atoms. The molecule has 1 aliphatic heterocycles. The molecule has 9 nitrogen and oxygen atoms in total. The minimum atomic E-state index is -0.744. The summed E-state index contributed by atoms with van der Waals surface area (Å²) in [6.07, 6.45) is 9.22. The van der Waals surface area contributed by atoms with Crippen molar-refractivity contribution in [2.24, 2.45) is 0 Å². The summed E-state index contributed by atoms with van der Waals surface area (Å²) in [6.45, 7) is 1.32. The van der Waals surface area contributed by atoms with Gasteiger partial charge in [-0.1, -0.05) is 78.9 Å². The number of carbonyl (C=O) groups is 2. The highest BCUT2D eigenvalue weighted by molar-refractivity contribution is 5.95. The monoisotopic (exact) mass is 610 g/mol. The Morgan fingerprint density at radius 1 is 0.891 bits per heavy atom. The summed E-state index contributed by atoms with van der Waals surface area (Å²) in [4.78, 5) is 40.7. The molecule has 230 valence electrons. The van der Waals surface area contributed by atoms with E-state index in [0.29, 0.717) is 31.1 Å². The highest BCUT2D eigenvalue weighted by atomic mass is 16.5. The number of ether oxygens (including phenoxy) is 1. The maximum atomic E-state index is 14.5. The Hall–Kier alpha value is -5.70. The molecule has 6 rings (SSSR count). The number of rotatable bonds is 10. The Kier molecular flexibility index (Phi) is 9.49. The van der Waals surface area contributed by atoms with E-state index >= 15 is 0 Å². The lowest BCUT2D eigenvalue weighted by Gasteiger charge is -2.37. The Morgan fingerprint density at radius 3 is 2.39 bits per heavy atom. The fourth-order valence-electron chi connectivity index (χ4n) is 5.61. The van der Waals surface area contributed by atoms with Crippen LogP contribution in [0.3, 0.4) is 0 Å². The Labute approximate surface area is 268 Å². The molecular formula is C37H34N6O3. The number of methoxy groups -OCH3 is 1. The molecule has 5 aromatic rings. The molecule has 1 unspecified atom stereocenters. The third-order valence-corrected chi connectivity index (χ3v) is 8.09. The van der Waals surface area contributed by atoms with Gasteiger partial charge in [-0.15, -0.1) is 10.2 Å². The van der Waals surface area contributed by atoms with E-state index < -0.39 is 6.04 Å². The van der Waals surface area contributed by atoms with Crippen LogP contribution in [0.1, 0.15) is 27.9 Å². The molecule has 0 saturated carbocycles. The van der Waals surface area contributed by atoms with E-state index in [4.69, 9.17) is 4.74 Å². The lowest BCUT2D eigenvalue weighted by molar-refractivity contribution is -0.144. The number of fused-ring (bicyclic) bond motifs is 1. The zero-order chi connectivity index (χ0) is 31.7. The second-order valence-electron chi connectivity index (χ2n) is 11.1. The topological polar surface area (TPSA) is 101 Å². The molecule has 0 saturated heterocycles. The summed E-state index contributed by atoms with van der Waals surface area (Å²) >= 11 is 0. The molecule has 3 heterocycles. The van der Waals surface area contributed by atoms with Crippen LogP contribution in [0.2, 0.25) is 0 Å². The first-order valence-corrected chi connectivity index (χ1v) is 15.2. The molecular weight excluding hydrogens is 576 g/mol. The van der Waals surface area contributed by atoms with Gasteiger partial charge in [0, 0.05) is 56.2 Å². The van der Waals surface area contributed by atoms with E-state index in [9.17, 15) is 9.59 Å². The van der Waals surface area contributed by atoms with Crippen LogP contribution >= 0.6 is 0 Å². The van der Waals surface area contributed by atoms with Gasteiger partial charge < -0.3 is 14.5 Å². The molecule has 0 bridgehead atoms. The van der Waals surface area contributed by atoms with E-state index in [1.165, 1.54) is 18.7 Å². The van der Waals surface area contributed by atoms with Crippen molar-refractivity contribution in [1.82, 2.24) is 30.0 Å². The Morgan fingerprint density at radius 2 is 1.67 bits per heavy atom. The predicted octanol–water partition coefficient (Wildman–Crippen LogP) is 5.18. The van der Waals surface area contributed by atoms with E-state index in [1.54, 1.807) is 41.7 Å². The normalized spacial score (nSPS) is 13.2. The highest BCUT2D eigenvalue weighted by Gasteiger charge is 2.34. The van der Waals surface area contributed by atoms with Gasteiger partial charge in [0.25, 0.3) is 0 Å². The number of aromatic nitrogens is 4. The van der Waals surface area contributed by atoms with Crippen molar-refractivity contribution in [3.05, 3.63) is 144 Å². The molecule has 2 amide bonds. The second kappa shape index (κ2) is 14.4. The maximum Gasteiger partial charge on any atom is 0.247 e. The highest BCUT2D eigenvalue weighted by Crippen LogP contribution is 2.24. The smallest absolute Gasteiger partial charge is 0.247 e. The number of benzene rings is 3. The van der Waals surface area contributed by atoms with Gasteiger partial charge in [0.15, 0.2) is 0 Å². The summed E-state index contributed by atoms with van der Waals surface area (Å²) in [5, 5.41) is 8.13. The Balaban J connectivity index is 1.34. The van der Waals surface area contributed by atoms with Crippen LogP contribution in [0.25, 0.3) is 17.3 Å². The quantitative estimate of drug-likeness (QED) is 0.201. The van der Waals surface area contributed by atoms with Gasteiger partial charge in [0.05, 0.1) is 24.7 Å². The van der Waals surface area contributed by atoms with Crippen molar-refractivity contribution in [2.45, 2.75) is 32.0 Å². The van der Waals surface area contributed by atoms with Crippen LogP contribution < -0.4 is 4.74 Å². The molecule has 2 aromatic heterocycles. The molecule has 1 atom stereocenters. The zero-order valence-electron chi connectivity index (χ0n) is 25.6. The molecule has 9 heteroatoms. The fraction of sp³-hybridized carbons (Fsp3) is 0.189. The molecule has 0 fully saturated rings. The van der Waals surface area contributed by atoms with Gasteiger partial charge in [-0.25, -0.2) is 0 Å². The molecule has 1 aliphatic rings. The standard InChI is InChI=1S/C37H34N6O3/c1-46-35-17-15-32(40-41-35)16-18-36(44)43(25-28-11-13-30(14-12-28)33-24-38-20-21-39-33)34(23-27-7-3-2-4-8-27)37(45)42-22-19-29-9-5-6-10-31(29)26-42/h2-18,20-21,24,34H,19,22-23,25-26H2,1H3. The molecule has 0 radical (unpaired) electrons. The average Bonchev–Trinajstić information content (AvgIpc) is 3.13. The van der Waals surface area contributed by atoms with Gasteiger partial charge in [-0.2, -0.15) is 0 Å².